The first-order valence-electron chi connectivity index (χ1n) is 10.7. The van der Waals surface area contributed by atoms with Crippen LogP contribution in [0.5, 0.6) is 0 Å². The molecule has 0 spiro atoms. The van der Waals surface area contributed by atoms with E-state index >= 15 is 0 Å². The van der Waals surface area contributed by atoms with Crippen molar-refractivity contribution in [3.05, 3.63) is 93.7 Å². The molecule has 1 fully saturated rings. The number of halogens is 2. The fourth-order valence-electron chi connectivity index (χ4n) is 3.98. The van der Waals surface area contributed by atoms with E-state index in [2.05, 4.69) is 15.6 Å². The number of hydrogen-bond donors (Lipinski definition) is 3. The van der Waals surface area contributed by atoms with Gasteiger partial charge in [0.25, 0.3) is 5.91 Å². The second-order valence-electron chi connectivity index (χ2n) is 8.19. The van der Waals surface area contributed by atoms with E-state index in [1.54, 1.807) is 60.9 Å². The Morgan fingerprint density at radius 2 is 1.70 bits per heavy atom. The second-order valence-corrected chi connectivity index (χ2v) is 9.01. The van der Waals surface area contributed by atoms with Gasteiger partial charge in [0.15, 0.2) is 0 Å². The molecule has 1 heterocycles. The lowest BCUT2D eigenvalue weighted by atomic mass is 9.64. The van der Waals surface area contributed by atoms with Crippen LogP contribution in [-0.2, 0) is 10.2 Å². The van der Waals surface area contributed by atoms with Crippen LogP contribution in [0.25, 0.3) is 0 Å². The predicted molar refractivity (Wildman–Crippen MR) is 131 cm³/mol. The molecule has 2 amide bonds. The van der Waals surface area contributed by atoms with Gasteiger partial charge < -0.3 is 16.4 Å². The molecule has 3 aromatic rings. The van der Waals surface area contributed by atoms with Gasteiger partial charge in [-0.1, -0.05) is 47.8 Å². The second kappa shape index (κ2) is 9.91. The number of nitrogens with zero attached hydrogens (tertiary/aromatic N) is 1. The Balaban J connectivity index is 1.37. The molecule has 0 radical (unpaired) electrons. The maximum absolute atomic E-state index is 13.1. The van der Waals surface area contributed by atoms with E-state index in [0.717, 1.165) is 30.4 Å². The van der Waals surface area contributed by atoms with Crippen LogP contribution in [0.3, 0.4) is 0 Å². The average molecular weight is 483 g/mol. The number of hydrogen-bond acceptors (Lipinski definition) is 4. The van der Waals surface area contributed by atoms with Gasteiger partial charge >= 0.3 is 0 Å². The van der Waals surface area contributed by atoms with Crippen LogP contribution in [0.15, 0.2) is 67.0 Å². The average Bonchev–Trinajstić information content (AvgIpc) is 2.80. The first-order valence-corrected chi connectivity index (χ1v) is 11.5. The van der Waals surface area contributed by atoms with E-state index in [9.17, 15) is 9.59 Å². The standard InChI is InChI=1S/C25H24Cl2N4O2/c26-20-7-6-18(14-21(20)27)25(10-1-11-25)24(33)30-15-22(28)16-2-4-17(5-3-16)23(32)31-19-8-12-29-13-9-19/h2-9,12-14,22H,1,10-11,15,28H2,(H,30,33)(H,29,31,32). The highest BCUT2D eigenvalue weighted by atomic mass is 35.5. The summed E-state index contributed by atoms with van der Waals surface area (Å²) < 4.78 is 0. The van der Waals surface area contributed by atoms with Crippen LogP contribution in [-0.4, -0.2) is 23.3 Å². The lowest BCUT2D eigenvalue weighted by molar-refractivity contribution is -0.130. The van der Waals surface area contributed by atoms with Crippen molar-refractivity contribution >= 4 is 40.7 Å². The Hall–Kier alpha value is -2.93. The molecule has 1 saturated carbocycles. The van der Waals surface area contributed by atoms with Gasteiger partial charge in [-0.25, -0.2) is 0 Å². The maximum atomic E-state index is 13.1. The summed E-state index contributed by atoms with van der Waals surface area (Å²) in [4.78, 5) is 29.4. The topological polar surface area (TPSA) is 97.1 Å². The fraction of sp³-hybridized carbons (Fsp3) is 0.240. The Bertz CT molecular complexity index is 1150. The minimum atomic E-state index is -0.594. The zero-order valence-corrected chi connectivity index (χ0v) is 19.4. The Morgan fingerprint density at radius 3 is 2.30 bits per heavy atom. The third kappa shape index (κ3) is 5.03. The lowest BCUT2D eigenvalue weighted by Gasteiger charge is -2.41. The lowest BCUT2D eigenvalue weighted by Crippen LogP contribution is -2.50. The smallest absolute Gasteiger partial charge is 0.255 e. The van der Waals surface area contributed by atoms with Gasteiger partial charge in [-0.05, 0) is 60.4 Å². The Labute approximate surface area is 202 Å². The van der Waals surface area contributed by atoms with E-state index in [0.29, 0.717) is 21.3 Å². The number of nitrogens with two attached hydrogens (primary N) is 1. The summed E-state index contributed by atoms with van der Waals surface area (Å²) in [6.07, 6.45) is 5.71. The van der Waals surface area contributed by atoms with Crippen molar-refractivity contribution in [3.8, 4) is 0 Å². The number of carbonyl (C=O) groups is 2. The normalized spacial score (nSPS) is 15.2. The van der Waals surface area contributed by atoms with E-state index in [1.807, 2.05) is 6.07 Å². The number of rotatable bonds is 7. The number of nitrogens with one attached hydrogen (secondary N) is 2. The van der Waals surface area contributed by atoms with Crippen LogP contribution in [0.1, 0.15) is 46.8 Å². The third-order valence-corrected chi connectivity index (χ3v) is 6.87. The number of benzene rings is 2. The molecule has 4 rings (SSSR count). The van der Waals surface area contributed by atoms with Crippen molar-refractivity contribution in [1.82, 2.24) is 10.3 Å². The van der Waals surface area contributed by atoms with Crippen LogP contribution in [0, 0.1) is 0 Å². The number of pyridine rings is 1. The zero-order valence-electron chi connectivity index (χ0n) is 17.9. The molecule has 1 aliphatic carbocycles. The minimum absolute atomic E-state index is 0.0593. The highest BCUT2D eigenvalue weighted by molar-refractivity contribution is 6.42. The quantitative estimate of drug-likeness (QED) is 0.446. The molecular weight excluding hydrogens is 459 g/mol. The van der Waals surface area contributed by atoms with Crippen molar-refractivity contribution in [2.75, 3.05) is 11.9 Å². The van der Waals surface area contributed by atoms with Crippen LogP contribution >= 0.6 is 23.2 Å². The van der Waals surface area contributed by atoms with Gasteiger partial charge in [0.2, 0.25) is 5.91 Å². The summed E-state index contributed by atoms with van der Waals surface area (Å²) in [7, 11) is 0. The summed E-state index contributed by atoms with van der Waals surface area (Å²) >= 11 is 12.2. The van der Waals surface area contributed by atoms with Crippen LogP contribution in [0.4, 0.5) is 5.69 Å². The largest absolute Gasteiger partial charge is 0.353 e. The SMILES string of the molecule is NC(CNC(=O)C1(c2ccc(Cl)c(Cl)c2)CCC1)c1ccc(C(=O)Nc2ccncc2)cc1. The van der Waals surface area contributed by atoms with E-state index < -0.39 is 11.5 Å². The van der Waals surface area contributed by atoms with Gasteiger partial charge in [-0.2, -0.15) is 0 Å². The van der Waals surface area contributed by atoms with Gasteiger partial charge in [0.05, 0.1) is 15.5 Å². The van der Waals surface area contributed by atoms with Gasteiger partial charge in [-0.15, -0.1) is 0 Å². The van der Waals surface area contributed by atoms with E-state index in [4.69, 9.17) is 28.9 Å². The molecule has 33 heavy (non-hydrogen) atoms. The summed E-state index contributed by atoms with van der Waals surface area (Å²) in [5.74, 6) is -0.279. The third-order valence-electron chi connectivity index (χ3n) is 6.14. The molecule has 1 atom stereocenters. The van der Waals surface area contributed by atoms with Crippen molar-refractivity contribution in [2.45, 2.75) is 30.7 Å². The van der Waals surface area contributed by atoms with Gasteiger partial charge in [0, 0.05) is 36.2 Å². The zero-order chi connectivity index (χ0) is 23.4. The van der Waals surface area contributed by atoms with Crippen LogP contribution in [0.2, 0.25) is 10.0 Å². The molecule has 0 aliphatic heterocycles. The van der Waals surface area contributed by atoms with Gasteiger partial charge in [0.1, 0.15) is 0 Å². The number of carbonyl (C=O) groups excluding carboxylic acids is 2. The molecule has 0 saturated heterocycles. The highest BCUT2D eigenvalue weighted by Gasteiger charge is 2.45. The minimum Gasteiger partial charge on any atom is -0.353 e. The molecule has 6 nitrogen and oxygen atoms in total. The summed E-state index contributed by atoms with van der Waals surface area (Å²) in [6, 6.07) is 15.4. The number of amides is 2. The first kappa shape index (κ1) is 23.2. The molecule has 0 bridgehead atoms. The van der Waals surface area contributed by atoms with Crippen molar-refractivity contribution in [2.24, 2.45) is 5.73 Å². The predicted octanol–water partition coefficient (Wildman–Crippen LogP) is 4.88. The Morgan fingerprint density at radius 1 is 1.00 bits per heavy atom. The fourth-order valence-corrected chi connectivity index (χ4v) is 4.28. The number of anilines is 1. The molecule has 4 N–H and O–H groups in total. The van der Waals surface area contributed by atoms with Crippen LogP contribution < -0.4 is 16.4 Å². The molecule has 8 heteroatoms. The number of aromatic nitrogens is 1. The van der Waals surface area contributed by atoms with Crippen molar-refractivity contribution < 1.29 is 9.59 Å². The van der Waals surface area contributed by atoms with Crippen molar-refractivity contribution in [1.29, 1.82) is 0 Å². The molecule has 1 unspecified atom stereocenters. The summed E-state index contributed by atoms with van der Waals surface area (Å²) in [5, 5.41) is 6.73. The van der Waals surface area contributed by atoms with Crippen molar-refractivity contribution in [3.63, 3.8) is 0 Å². The van der Waals surface area contributed by atoms with E-state index in [1.165, 1.54) is 0 Å². The maximum Gasteiger partial charge on any atom is 0.255 e. The summed E-state index contributed by atoms with van der Waals surface area (Å²) in [5.41, 5.74) is 8.61. The summed E-state index contributed by atoms with van der Waals surface area (Å²) in [6.45, 7) is 0.282. The molecule has 2 aromatic carbocycles. The van der Waals surface area contributed by atoms with E-state index in [-0.39, 0.29) is 18.4 Å². The first-order chi connectivity index (χ1) is 15.9. The van der Waals surface area contributed by atoms with Gasteiger partial charge in [-0.3, -0.25) is 14.6 Å². The molecule has 1 aliphatic rings. The monoisotopic (exact) mass is 482 g/mol. The molecule has 170 valence electrons. The molecular formula is C25H24Cl2N4O2. The Kier molecular flexibility index (Phi) is 6.98. The molecule has 1 aromatic heterocycles. The highest BCUT2D eigenvalue weighted by Crippen LogP contribution is 2.45.